The Balaban J connectivity index is 2.00. The van der Waals surface area contributed by atoms with Gasteiger partial charge in [0, 0.05) is 24.3 Å². The Bertz CT molecular complexity index is 899. The molecule has 0 aromatic heterocycles. The molecule has 0 aromatic carbocycles. The van der Waals surface area contributed by atoms with Crippen LogP contribution in [0.2, 0.25) is 0 Å². The predicted octanol–water partition coefficient (Wildman–Crippen LogP) is 0.759. The minimum Gasteiger partial charge on any atom is -0.459 e. The van der Waals surface area contributed by atoms with Crippen LogP contribution in [-0.2, 0) is 33.4 Å². The summed E-state index contributed by atoms with van der Waals surface area (Å²) >= 11 is 0. The molecule has 3 rings (SSSR count). The molecule has 0 bridgehead atoms. The van der Waals surface area contributed by atoms with Gasteiger partial charge >= 0.3 is 17.9 Å². The molecule has 7 atom stereocenters. The number of ether oxygens (including phenoxy) is 3. The molecule has 9 nitrogen and oxygen atoms in total. The fraction of sp³-hybridized carbons (Fsp3) is 0.636. The quantitative estimate of drug-likeness (QED) is 0.372. The summed E-state index contributed by atoms with van der Waals surface area (Å²) in [4.78, 5) is 48.7. The molecule has 31 heavy (non-hydrogen) atoms. The average Bonchev–Trinajstić information content (AvgIpc) is 2.96. The molecule has 3 aliphatic rings. The fourth-order valence-corrected chi connectivity index (χ4v) is 4.78. The number of fused-ring (bicyclic) bond motifs is 3. The first-order valence-corrected chi connectivity index (χ1v) is 10.2. The van der Waals surface area contributed by atoms with Gasteiger partial charge in [-0.25, -0.2) is 9.59 Å². The lowest BCUT2D eigenvalue weighted by atomic mass is 9.57. The first kappa shape index (κ1) is 23.1. The molecule has 0 radical (unpaired) electrons. The summed E-state index contributed by atoms with van der Waals surface area (Å²) in [5, 5.41) is 21.9. The van der Waals surface area contributed by atoms with Crippen molar-refractivity contribution in [1.82, 2.24) is 0 Å². The third kappa shape index (κ3) is 3.49. The Labute approximate surface area is 180 Å². The Morgan fingerprint density at radius 3 is 2.55 bits per heavy atom. The largest absolute Gasteiger partial charge is 0.459 e. The van der Waals surface area contributed by atoms with Crippen molar-refractivity contribution in [2.45, 2.75) is 77.5 Å². The first-order valence-electron chi connectivity index (χ1n) is 10.2. The van der Waals surface area contributed by atoms with Gasteiger partial charge in [0.05, 0.1) is 5.92 Å². The predicted molar refractivity (Wildman–Crippen MR) is 105 cm³/mol. The highest BCUT2D eigenvalue weighted by Gasteiger charge is 2.63. The Morgan fingerprint density at radius 1 is 1.35 bits per heavy atom. The standard InChI is InChI=1S/C22H28O9/c1-9-13(24)7-8-21(5)15(9)16-14(10(2)19(26)30-16)17(18(21)25)31-20(27)22(6,28)11(3)29-12(4)23/h11,14,16-18,25,28H,2,7-8H2,1,3-6H3/t11-,14-,16-,17+,18+,21-,22+/m0/s1. The Kier molecular flexibility index (Phi) is 5.65. The highest BCUT2D eigenvalue weighted by molar-refractivity contribution is 5.98. The van der Waals surface area contributed by atoms with Crippen LogP contribution < -0.4 is 0 Å². The summed E-state index contributed by atoms with van der Waals surface area (Å²) in [7, 11) is 0. The van der Waals surface area contributed by atoms with E-state index in [-0.39, 0.29) is 24.2 Å². The first-order chi connectivity index (χ1) is 14.2. The number of hydrogen-bond acceptors (Lipinski definition) is 9. The maximum absolute atomic E-state index is 12.9. The van der Waals surface area contributed by atoms with Crippen molar-refractivity contribution in [2.75, 3.05) is 0 Å². The van der Waals surface area contributed by atoms with Crippen molar-refractivity contribution in [3.8, 4) is 0 Å². The van der Waals surface area contributed by atoms with Crippen molar-refractivity contribution in [1.29, 1.82) is 0 Å². The minimum absolute atomic E-state index is 0.00917. The fourth-order valence-electron chi connectivity index (χ4n) is 4.78. The van der Waals surface area contributed by atoms with E-state index in [4.69, 9.17) is 14.2 Å². The third-order valence-corrected chi connectivity index (χ3v) is 6.93. The van der Waals surface area contributed by atoms with E-state index in [0.29, 0.717) is 11.1 Å². The van der Waals surface area contributed by atoms with E-state index in [1.165, 1.54) is 6.92 Å². The van der Waals surface area contributed by atoms with Crippen molar-refractivity contribution < 1.29 is 43.6 Å². The Morgan fingerprint density at radius 2 is 1.97 bits per heavy atom. The molecule has 1 saturated carbocycles. The molecule has 0 spiro atoms. The number of allylic oxidation sites excluding steroid dienone is 1. The molecule has 1 saturated heterocycles. The average molecular weight is 436 g/mol. The van der Waals surface area contributed by atoms with E-state index < -0.39 is 59.3 Å². The van der Waals surface area contributed by atoms with Crippen LogP contribution in [0.15, 0.2) is 23.3 Å². The monoisotopic (exact) mass is 436 g/mol. The number of rotatable bonds is 4. The summed E-state index contributed by atoms with van der Waals surface area (Å²) < 4.78 is 16.0. The van der Waals surface area contributed by atoms with Gasteiger partial charge in [-0.3, -0.25) is 9.59 Å². The smallest absolute Gasteiger partial charge is 0.342 e. The van der Waals surface area contributed by atoms with Crippen molar-refractivity contribution in [2.24, 2.45) is 11.3 Å². The number of ketones is 1. The number of esters is 3. The summed E-state index contributed by atoms with van der Waals surface area (Å²) in [5.74, 6) is -3.54. The third-order valence-electron chi connectivity index (χ3n) is 6.93. The molecule has 2 aliphatic carbocycles. The summed E-state index contributed by atoms with van der Waals surface area (Å²) in [6, 6.07) is 0. The Hall–Kier alpha value is -2.52. The van der Waals surface area contributed by atoms with Gasteiger partial charge in [-0.1, -0.05) is 13.5 Å². The van der Waals surface area contributed by atoms with E-state index in [2.05, 4.69) is 6.58 Å². The van der Waals surface area contributed by atoms with Crippen LogP contribution >= 0.6 is 0 Å². The van der Waals surface area contributed by atoms with Crippen LogP contribution in [0.5, 0.6) is 0 Å². The second-order valence-electron chi connectivity index (χ2n) is 8.97. The molecular weight excluding hydrogens is 408 g/mol. The van der Waals surface area contributed by atoms with Crippen molar-refractivity contribution in [3.63, 3.8) is 0 Å². The zero-order valence-corrected chi connectivity index (χ0v) is 18.3. The summed E-state index contributed by atoms with van der Waals surface area (Å²) in [6.45, 7) is 10.7. The summed E-state index contributed by atoms with van der Waals surface area (Å²) in [5.41, 5.74) is -2.25. The van der Waals surface area contributed by atoms with Crippen molar-refractivity contribution >= 4 is 23.7 Å². The second kappa shape index (κ2) is 7.56. The minimum atomic E-state index is -2.21. The lowest BCUT2D eigenvalue weighted by molar-refractivity contribution is -0.202. The summed E-state index contributed by atoms with van der Waals surface area (Å²) in [6.07, 6.45) is -4.22. The van der Waals surface area contributed by atoms with Gasteiger partial charge in [0.15, 0.2) is 11.4 Å². The van der Waals surface area contributed by atoms with Gasteiger partial charge in [0.25, 0.3) is 0 Å². The van der Waals surface area contributed by atoms with E-state index in [1.54, 1.807) is 13.8 Å². The number of hydrogen-bond donors (Lipinski definition) is 2. The molecule has 2 N–H and O–H groups in total. The lowest BCUT2D eigenvalue weighted by Gasteiger charge is -2.51. The van der Waals surface area contributed by atoms with E-state index in [1.807, 2.05) is 0 Å². The number of carbonyl (C=O) groups excluding carboxylic acids is 4. The molecule has 0 unspecified atom stereocenters. The van der Waals surface area contributed by atoms with Crippen LogP contribution in [0.4, 0.5) is 0 Å². The molecular formula is C22H28O9. The van der Waals surface area contributed by atoms with Gasteiger partial charge < -0.3 is 24.4 Å². The SMILES string of the molecule is C=C1C(=O)O[C@@H]2C3=C(C)C(=O)CC[C@]3(C)[C@H](O)[C@H](OC(=O)[C@](C)(O)[C@H](C)OC(C)=O)[C@@H]12. The van der Waals surface area contributed by atoms with E-state index >= 15 is 0 Å². The molecule has 1 aliphatic heterocycles. The lowest BCUT2D eigenvalue weighted by Crippen LogP contribution is -2.60. The van der Waals surface area contributed by atoms with Gasteiger partial charge in [-0.15, -0.1) is 0 Å². The number of Topliss-reactive ketones (excluding diaryl/α,β-unsaturated/α-hetero) is 1. The highest BCUT2D eigenvalue weighted by Crippen LogP contribution is 2.55. The zero-order chi connectivity index (χ0) is 23.5. The molecule has 1 heterocycles. The number of aliphatic hydroxyl groups excluding tert-OH is 1. The maximum atomic E-state index is 12.9. The number of carbonyl (C=O) groups is 4. The van der Waals surface area contributed by atoms with Gasteiger partial charge in [0.1, 0.15) is 24.4 Å². The van der Waals surface area contributed by atoms with Crippen LogP contribution in [0.3, 0.4) is 0 Å². The molecule has 9 heteroatoms. The van der Waals surface area contributed by atoms with E-state index in [9.17, 15) is 29.4 Å². The van der Waals surface area contributed by atoms with E-state index in [0.717, 1.165) is 13.8 Å². The van der Waals surface area contributed by atoms with Gasteiger partial charge in [0.2, 0.25) is 0 Å². The second-order valence-corrected chi connectivity index (χ2v) is 8.97. The molecule has 170 valence electrons. The van der Waals surface area contributed by atoms with Gasteiger partial charge in [-0.05, 0) is 38.3 Å². The molecule has 2 fully saturated rings. The van der Waals surface area contributed by atoms with Crippen LogP contribution in [0, 0.1) is 11.3 Å². The van der Waals surface area contributed by atoms with Crippen LogP contribution in [0.1, 0.15) is 47.5 Å². The maximum Gasteiger partial charge on any atom is 0.342 e. The van der Waals surface area contributed by atoms with Crippen LogP contribution in [0.25, 0.3) is 0 Å². The number of aliphatic hydroxyl groups is 2. The van der Waals surface area contributed by atoms with Crippen molar-refractivity contribution in [3.05, 3.63) is 23.3 Å². The van der Waals surface area contributed by atoms with Crippen LogP contribution in [-0.4, -0.2) is 63.9 Å². The highest BCUT2D eigenvalue weighted by atomic mass is 16.6. The normalized spacial score (nSPS) is 35.5. The zero-order valence-electron chi connectivity index (χ0n) is 18.3. The molecule has 0 amide bonds. The molecule has 0 aromatic rings. The topological polar surface area (TPSA) is 136 Å². The van der Waals surface area contributed by atoms with Gasteiger partial charge in [-0.2, -0.15) is 0 Å².